The Morgan fingerprint density at radius 1 is 1.04 bits per heavy atom. The van der Waals surface area contributed by atoms with E-state index in [0.29, 0.717) is 28.2 Å². The van der Waals surface area contributed by atoms with Crippen LogP contribution in [0.15, 0.2) is 71.1 Å². The molecule has 0 fully saturated rings. The average molecular weight is 356 g/mol. The van der Waals surface area contributed by atoms with Crippen molar-refractivity contribution in [3.8, 4) is 11.5 Å². The van der Waals surface area contributed by atoms with Crippen LogP contribution in [0.3, 0.4) is 0 Å². The fourth-order valence-electron chi connectivity index (χ4n) is 3.00. The number of rotatable bonds is 4. The summed E-state index contributed by atoms with van der Waals surface area (Å²) in [7, 11) is 0. The molecule has 134 valence electrons. The molecule has 1 amide bonds. The molecular formula is C23H20N2O2. The first-order chi connectivity index (χ1) is 13.1. The molecule has 0 atom stereocenters. The van der Waals surface area contributed by atoms with Gasteiger partial charge in [-0.1, -0.05) is 36.8 Å². The predicted octanol–water partition coefficient (Wildman–Crippen LogP) is 5.62. The molecule has 1 heterocycles. The predicted molar refractivity (Wildman–Crippen MR) is 108 cm³/mol. The van der Waals surface area contributed by atoms with Crippen molar-refractivity contribution in [3.63, 3.8) is 0 Å². The number of anilines is 1. The van der Waals surface area contributed by atoms with Gasteiger partial charge in [0, 0.05) is 16.8 Å². The van der Waals surface area contributed by atoms with E-state index in [1.807, 2.05) is 55.5 Å². The van der Waals surface area contributed by atoms with Crippen LogP contribution in [0, 0.1) is 6.92 Å². The van der Waals surface area contributed by atoms with Gasteiger partial charge in [0.15, 0.2) is 5.58 Å². The SMILES string of the molecule is CCc1ccc(-c2nc3cc(NC(=O)c4cccc(C)c4)ccc3o2)cc1. The van der Waals surface area contributed by atoms with Crippen LogP contribution in [0.5, 0.6) is 0 Å². The van der Waals surface area contributed by atoms with Crippen molar-refractivity contribution >= 4 is 22.7 Å². The van der Waals surface area contributed by atoms with E-state index >= 15 is 0 Å². The van der Waals surface area contributed by atoms with Gasteiger partial charge in [-0.3, -0.25) is 4.79 Å². The van der Waals surface area contributed by atoms with Gasteiger partial charge in [0.25, 0.3) is 5.91 Å². The van der Waals surface area contributed by atoms with E-state index in [0.717, 1.165) is 17.5 Å². The Hall–Kier alpha value is -3.40. The first-order valence-corrected chi connectivity index (χ1v) is 9.00. The largest absolute Gasteiger partial charge is 0.436 e. The molecule has 4 aromatic rings. The monoisotopic (exact) mass is 356 g/mol. The van der Waals surface area contributed by atoms with Gasteiger partial charge < -0.3 is 9.73 Å². The molecule has 0 aliphatic heterocycles. The molecule has 1 N–H and O–H groups in total. The molecular weight excluding hydrogens is 336 g/mol. The Labute approximate surface area is 157 Å². The lowest BCUT2D eigenvalue weighted by atomic mass is 10.1. The van der Waals surface area contributed by atoms with Crippen LogP contribution in [0.1, 0.15) is 28.4 Å². The highest BCUT2D eigenvalue weighted by Gasteiger charge is 2.11. The van der Waals surface area contributed by atoms with Crippen LogP contribution in [0.25, 0.3) is 22.6 Å². The van der Waals surface area contributed by atoms with E-state index in [9.17, 15) is 4.79 Å². The number of hydrogen-bond donors (Lipinski definition) is 1. The molecule has 0 spiro atoms. The molecule has 3 aromatic carbocycles. The molecule has 0 bridgehead atoms. The Balaban J connectivity index is 1.59. The molecule has 0 aliphatic rings. The third-order valence-corrected chi connectivity index (χ3v) is 4.53. The van der Waals surface area contributed by atoms with Gasteiger partial charge >= 0.3 is 0 Å². The minimum atomic E-state index is -0.142. The quantitative estimate of drug-likeness (QED) is 0.516. The maximum Gasteiger partial charge on any atom is 0.255 e. The lowest BCUT2D eigenvalue weighted by molar-refractivity contribution is 0.102. The molecule has 0 unspecified atom stereocenters. The maximum atomic E-state index is 12.4. The van der Waals surface area contributed by atoms with E-state index in [1.54, 1.807) is 6.07 Å². The number of nitrogens with zero attached hydrogens (tertiary/aromatic N) is 1. The number of carbonyl (C=O) groups is 1. The Kier molecular flexibility index (Phi) is 4.47. The summed E-state index contributed by atoms with van der Waals surface area (Å²) in [6, 6.07) is 21.2. The lowest BCUT2D eigenvalue weighted by Gasteiger charge is -2.05. The number of nitrogens with one attached hydrogen (secondary N) is 1. The zero-order valence-corrected chi connectivity index (χ0v) is 15.3. The highest BCUT2D eigenvalue weighted by molar-refractivity contribution is 6.05. The summed E-state index contributed by atoms with van der Waals surface area (Å²) in [4.78, 5) is 17.0. The van der Waals surface area contributed by atoms with Crippen LogP contribution in [-0.2, 0) is 6.42 Å². The van der Waals surface area contributed by atoms with Crippen LogP contribution in [-0.4, -0.2) is 10.9 Å². The van der Waals surface area contributed by atoms with Crippen LogP contribution in [0.2, 0.25) is 0 Å². The molecule has 1 aromatic heterocycles. The van der Waals surface area contributed by atoms with Crippen molar-refractivity contribution in [2.75, 3.05) is 5.32 Å². The molecule has 4 rings (SSSR count). The van der Waals surface area contributed by atoms with E-state index in [2.05, 4.69) is 29.4 Å². The fraction of sp³-hybridized carbons (Fsp3) is 0.130. The van der Waals surface area contributed by atoms with Gasteiger partial charge in [-0.2, -0.15) is 0 Å². The molecule has 0 radical (unpaired) electrons. The van der Waals surface area contributed by atoms with E-state index < -0.39 is 0 Å². The molecule has 0 saturated carbocycles. The molecule has 4 nitrogen and oxygen atoms in total. The van der Waals surface area contributed by atoms with Crippen molar-refractivity contribution in [1.29, 1.82) is 0 Å². The maximum absolute atomic E-state index is 12.4. The fourth-order valence-corrected chi connectivity index (χ4v) is 3.00. The topological polar surface area (TPSA) is 55.1 Å². The summed E-state index contributed by atoms with van der Waals surface area (Å²) in [6.45, 7) is 4.09. The second-order valence-electron chi connectivity index (χ2n) is 6.58. The van der Waals surface area contributed by atoms with Gasteiger partial charge in [-0.15, -0.1) is 0 Å². The molecule has 0 aliphatic carbocycles. The molecule has 4 heteroatoms. The Bertz CT molecular complexity index is 1110. The van der Waals surface area contributed by atoms with Gasteiger partial charge in [-0.05, 0) is 61.4 Å². The van der Waals surface area contributed by atoms with Crippen molar-refractivity contribution in [1.82, 2.24) is 4.98 Å². The summed E-state index contributed by atoms with van der Waals surface area (Å²) in [5.74, 6) is 0.437. The summed E-state index contributed by atoms with van der Waals surface area (Å²) in [6.07, 6.45) is 0.998. The zero-order valence-electron chi connectivity index (χ0n) is 15.3. The van der Waals surface area contributed by atoms with Gasteiger partial charge in [0.05, 0.1) is 0 Å². The van der Waals surface area contributed by atoms with Gasteiger partial charge in [-0.25, -0.2) is 4.98 Å². The first-order valence-electron chi connectivity index (χ1n) is 9.00. The second-order valence-corrected chi connectivity index (χ2v) is 6.58. The van der Waals surface area contributed by atoms with Crippen molar-refractivity contribution in [2.45, 2.75) is 20.3 Å². The number of hydrogen-bond acceptors (Lipinski definition) is 3. The highest BCUT2D eigenvalue weighted by Crippen LogP contribution is 2.26. The number of oxazole rings is 1. The summed E-state index contributed by atoms with van der Waals surface area (Å²) in [5.41, 5.74) is 5.99. The van der Waals surface area contributed by atoms with Crippen molar-refractivity contribution < 1.29 is 9.21 Å². The molecule has 0 saturated heterocycles. The summed E-state index contributed by atoms with van der Waals surface area (Å²) in [5, 5.41) is 2.92. The van der Waals surface area contributed by atoms with E-state index in [-0.39, 0.29) is 5.91 Å². The van der Waals surface area contributed by atoms with Crippen LogP contribution >= 0.6 is 0 Å². The minimum Gasteiger partial charge on any atom is -0.436 e. The smallest absolute Gasteiger partial charge is 0.255 e. The first kappa shape index (κ1) is 17.0. The van der Waals surface area contributed by atoms with Crippen molar-refractivity contribution in [2.24, 2.45) is 0 Å². The normalized spacial score (nSPS) is 10.9. The average Bonchev–Trinajstić information content (AvgIpc) is 3.11. The van der Waals surface area contributed by atoms with E-state index in [1.165, 1.54) is 5.56 Å². The van der Waals surface area contributed by atoms with Gasteiger partial charge in [0.1, 0.15) is 5.52 Å². The number of amides is 1. The number of benzene rings is 3. The van der Waals surface area contributed by atoms with E-state index in [4.69, 9.17) is 4.42 Å². The number of aromatic nitrogens is 1. The summed E-state index contributed by atoms with van der Waals surface area (Å²) >= 11 is 0. The van der Waals surface area contributed by atoms with Crippen LogP contribution in [0.4, 0.5) is 5.69 Å². The van der Waals surface area contributed by atoms with Crippen LogP contribution < -0.4 is 5.32 Å². The minimum absolute atomic E-state index is 0.142. The second kappa shape index (κ2) is 7.08. The lowest BCUT2D eigenvalue weighted by Crippen LogP contribution is -2.11. The number of aryl methyl sites for hydroxylation is 2. The summed E-state index contributed by atoms with van der Waals surface area (Å²) < 4.78 is 5.86. The van der Waals surface area contributed by atoms with Gasteiger partial charge in [0.2, 0.25) is 5.89 Å². The van der Waals surface area contributed by atoms with Crippen molar-refractivity contribution in [3.05, 3.63) is 83.4 Å². The third-order valence-electron chi connectivity index (χ3n) is 4.53. The third kappa shape index (κ3) is 3.60. The highest BCUT2D eigenvalue weighted by atomic mass is 16.3. The standard InChI is InChI=1S/C23H20N2O2/c1-3-16-7-9-17(10-8-16)23-25-20-14-19(11-12-21(20)27-23)24-22(26)18-6-4-5-15(2)13-18/h4-14H,3H2,1-2H3,(H,24,26). The number of carbonyl (C=O) groups excluding carboxylic acids is 1. The Morgan fingerprint density at radius 3 is 2.59 bits per heavy atom. The molecule has 27 heavy (non-hydrogen) atoms. The Morgan fingerprint density at radius 2 is 1.85 bits per heavy atom. The number of fused-ring (bicyclic) bond motifs is 1. The zero-order chi connectivity index (χ0) is 18.8.